The monoisotopic (exact) mass is 487 g/mol. The number of rotatable bonds is 5. The number of fused-ring (bicyclic) bond motifs is 1. The Kier molecular flexibility index (Phi) is 6.67. The molecule has 0 radical (unpaired) electrons. The molecular formula is C23H25N3O3S3. The van der Waals surface area contributed by atoms with E-state index in [9.17, 15) is 13.2 Å². The summed E-state index contributed by atoms with van der Waals surface area (Å²) in [7, 11) is -3.48. The van der Waals surface area contributed by atoms with Gasteiger partial charge in [0.05, 0.1) is 16.8 Å². The highest BCUT2D eigenvalue weighted by Gasteiger charge is 2.32. The average Bonchev–Trinajstić information content (AvgIpc) is 3.43. The third-order valence-corrected chi connectivity index (χ3v) is 10.0. The van der Waals surface area contributed by atoms with Crippen molar-refractivity contribution in [2.75, 3.05) is 13.1 Å². The van der Waals surface area contributed by atoms with Gasteiger partial charge in [-0.25, -0.2) is 8.42 Å². The maximum atomic E-state index is 13.0. The van der Waals surface area contributed by atoms with Crippen LogP contribution in [0.5, 0.6) is 0 Å². The number of thiophene rings is 1. The molecule has 9 heteroatoms. The van der Waals surface area contributed by atoms with Crippen molar-refractivity contribution in [3.8, 4) is 12.3 Å². The van der Waals surface area contributed by atoms with Gasteiger partial charge in [0, 0.05) is 19.0 Å². The number of terminal acetylenes is 1. The first-order valence-electron chi connectivity index (χ1n) is 10.5. The third kappa shape index (κ3) is 4.46. The van der Waals surface area contributed by atoms with Crippen LogP contribution in [0.15, 0.2) is 44.9 Å². The minimum absolute atomic E-state index is 0.209. The average molecular weight is 488 g/mol. The molecule has 0 unspecified atom stereocenters. The molecule has 0 atom stereocenters. The van der Waals surface area contributed by atoms with Gasteiger partial charge < -0.3 is 4.57 Å². The normalized spacial score (nSPS) is 16.6. The van der Waals surface area contributed by atoms with Gasteiger partial charge in [0.25, 0.3) is 15.9 Å². The molecule has 2 aromatic heterocycles. The molecule has 32 heavy (non-hydrogen) atoms. The number of carbonyl (C=O) groups excluding carboxylic acids is 1. The van der Waals surface area contributed by atoms with E-state index < -0.39 is 10.0 Å². The van der Waals surface area contributed by atoms with E-state index in [1.54, 1.807) is 17.5 Å². The van der Waals surface area contributed by atoms with Crippen molar-refractivity contribution in [1.29, 1.82) is 0 Å². The van der Waals surface area contributed by atoms with Crippen LogP contribution in [0.4, 0.5) is 0 Å². The molecular weight excluding hydrogens is 462 g/mol. The maximum absolute atomic E-state index is 13.0. The lowest BCUT2D eigenvalue weighted by molar-refractivity contribution is -0.122. The van der Waals surface area contributed by atoms with E-state index in [0.29, 0.717) is 47.4 Å². The largest absolute Gasteiger partial charge is 0.305 e. The van der Waals surface area contributed by atoms with Gasteiger partial charge in [-0.2, -0.15) is 9.30 Å². The fourth-order valence-corrected chi connectivity index (χ4v) is 7.54. The lowest BCUT2D eigenvalue weighted by atomic mass is 9.98. The molecule has 4 rings (SSSR count). The number of hydrogen-bond acceptors (Lipinski definition) is 5. The topological polar surface area (TPSA) is 71.7 Å². The summed E-state index contributed by atoms with van der Waals surface area (Å²) in [5.41, 5.74) is 2.20. The van der Waals surface area contributed by atoms with Crippen LogP contribution in [0.3, 0.4) is 0 Å². The molecule has 3 heterocycles. The van der Waals surface area contributed by atoms with Crippen LogP contribution in [-0.2, 0) is 21.4 Å². The van der Waals surface area contributed by atoms with Crippen molar-refractivity contribution in [1.82, 2.24) is 8.87 Å². The molecule has 0 aliphatic carbocycles. The highest BCUT2D eigenvalue weighted by Crippen LogP contribution is 2.27. The number of sulfonamides is 1. The first-order chi connectivity index (χ1) is 15.3. The second-order valence-electron chi connectivity index (χ2n) is 8.12. The first-order valence-corrected chi connectivity index (χ1v) is 13.6. The van der Waals surface area contributed by atoms with Gasteiger partial charge in [-0.3, -0.25) is 4.79 Å². The smallest absolute Gasteiger partial charge is 0.252 e. The van der Waals surface area contributed by atoms with Crippen LogP contribution in [0.1, 0.15) is 38.2 Å². The molecule has 1 amide bonds. The zero-order valence-corrected chi connectivity index (χ0v) is 20.5. The predicted octanol–water partition coefficient (Wildman–Crippen LogP) is 4.05. The molecule has 0 bridgehead atoms. The van der Waals surface area contributed by atoms with Gasteiger partial charge in [-0.05, 0) is 47.9 Å². The van der Waals surface area contributed by atoms with Gasteiger partial charge in [-0.15, -0.1) is 17.8 Å². The van der Waals surface area contributed by atoms with E-state index in [-0.39, 0.29) is 11.8 Å². The minimum Gasteiger partial charge on any atom is -0.305 e. The summed E-state index contributed by atoms with van der Waals surface area (Å²) >= 11 is 2.68. The Morgan fingerprint density at radius 3 is 2.66 bits per heavy atom. The second-order valence-corrected chi connectivity index (χ2v) is 12.2. The van der Waals surface area contributed by atoms with E-state index in [0.717, 1.165) is 10.2 Å². The van der Waals surface area contributed by atoms with Crippen molar-refractivity contribution < 1.29 is 13.2 Å². The third-order valence-electron chi connectivity index (χ3n) is 5.72. The Hall–Kier alpha value is -2.25. The zero-order chi connectivity index (χ0) is 22.9. The fraction of sp³-hybridized carbons (Fsp3) is 0.391. The maximum Gasteiger partial charge on any atom is 0.252 e. The van der Waals surface area contributed by atoms with Gasteiger partial charge in [0.1, 0.15) is 4.21 Å². The van der Waals surface area contributed by atoms with Crippen LogP contribution >= 0.6 is 22.7 Å². The van der Waals surface area contributed by atoms with Crippen molar-refractivity contribution >= 4 is 48.8 Å². The van der Waals surface area contributed by atoms with Crippen LogP contribution in [0.2, 0.25) is 0 Å². The van der Waals surface area contributed by atoms with Gasteiger partial charge in [0.2, 0.25) is 0 Å². The number of piperidine rings is 1. The molecule has 1 aliphatic heterocycles. The number of benzene rings is 1. The molecule has 168 valence electrons. The van der Waals surface area contributed by atoms with E-state index in [1.165, 1.54) is 32.5 Å². The Bertz CT molecular complexity index is 1330. The van der Waals surface area contributed by atoms with Gasteiger partial charge >= 0.3 is 0 Å². The fourth-order valence-electron chi connectivity index (χ4n) is 3.84. The highest BCUT2D eigenvalue weighted by atomic mass is 32.2. The summed E-state index contributed by atoms with van der Waals surface area (Å²) in [5, 5.41) is 1.75. The molecule has 1 aromatic carbocycles. The summed E-state index contributed by atoms with van der Waals surface area (Å²) in [4.78, 5) is 18.0. The van der Waals surface area contributed by atoms with Crippen molar-refractivity contribution in [2.45, 2.75) is 43.4 Å². The molecule has 0 spiro atoms. The van der Waals surface area contributed by atoms with E-state index in [4.69, 9.17) is 6.42 Å². The standard InChI is InChI=1S/C23H25N3O3S3/c1-4-11-26-19-8-7-18(16(2)3)15-20(19)31-23(26)24-22(27)17-9-12-25(13-10-17)32(28,29)21-6-5-14-30-21/h1,5-8,14-17H,9-13H2,2-3H3. The van der Waals surface area contributed by atoms with E-state index in [1.807, 2.05) is 10.6 Å². The van der Waals surface area contributed by atoms with Crippen molar-refractivity contribution in [3.63, 3.8) is 0 Å². The molecule has 0 N–H and O–H groups in total. The lowest BCUT2D eigenvalue weighted by Crippen LogP contribution is -2.40. The van der Waals surface area contributed by atoms with Crippen molar-refractivity contribution in [3.05, 3.63) is 46.1 Å². The number of hydrogen-bond donors (Lipinski definition) is 0. The van der Waals surface area contributed by atoms with Crippen LogP contribution < -0.4 is 4.80 Å². The number of nitrogens with zero attached hydrogens (tertiary/aromatic N) is 3. The summed E-state index contributed by atoms with van der Waals surface area (Å²) in [6.07, 6.45) is 6.50. The van der Waals surface area contributed by atoms with Crippen LogP contribution in [-0.4, -0.2) is 36.3 Å². The zero-order valence-electron chi connectivity index (χ0n) is 18.0. The second kappa shape index (κ2) is 9.32. The molecule has 0 saturated carbocycles. The molecule has 1 fully saturated rings. The quantitative estimate of drug-likeness (QED) is 0.510. The molecule has 3 aromatic rings. The highest BCUT2D eigenvalue weighted by molar-refractivity contribution is 7.91. The molecule has 1 saturated heterocycles. The number of aromatic nitrogens is 1. The SMILES string of the molecule is C#CCn1c(=NC(=O)C2CCN(S(=O)(=O)c3cccs3)CC2)sc2cc(C(C)C)ccc21. The summed E-state index contributed by atoms with van der Waals surface area (Å²) < 4.78 is 30.2. The Labute approximate surface area is 196 Å². The molecule has 1 aliphatic rings. The lowest BCUT2D eigenvalue weighted by Gasteiger charge is -2.29. The van der Waals surface area contributed by atoms with E-state index >= 15 is 0 Å². The van der Waals surface area contributed by atoms with E-state index in [2.05, 4.69) is 36.9 Å². The van der Waals surface area contributed by atoms with Crippen LogP contribution in [0.25, 0.3) is 10.2 Å². The van der Waals surface area contributed by atoms with Gasteiger partial charge in [0.15, 0.2) is 4.80 Å². The Morgan fingerprint density at radius 2 is 2.03 bits per heavy atom. The van der Waals surface area contributed by atoms with Crippen molar-refractivity contribution in [2.24, 2.45) is 10.9 Å². The molecule has 6 nitrogen and oxygen atoms in total. The summed E-state index contributed by atoms with van der Waals surface area (Å²) in [5.74, 6) is 2.56. The number of carbonyl (C=O) groups is 1. The predicted molar refractivity (Wildman–Crippen MR) is 129 cm³/mol. The number of thiazole rings is 1. The van der Waals surface area contributed by atoms with Crippen LogP contribution in [0, 0.1) is 18.3 Å². The first kappa shape index (κ1) is 22.9. The summed E-state index contributed by atoms with van der Waals surface area (Å²) in [6.45, 7) is 5.26. The minimum atomic E-state index is -3.48. The Morgan fingerprint density at radius 1 is 1.28 bits per heavy atom. The Balaban J connectivity index is 1.56. The number of amides is 1. The summed E-state index contributed by atoms with van der Waals surface area (Å²) in [6, 6.07) is 9.60. The van der Waals surface area contributed by atoms with Gasteiger partial charge in [-0.1, -0.05) is 43.2 Å².